The summed E-state index contributed by atoms with van der Waals surface area (Å²) < 4.78 is 6.13. The highest BCUT2D eigenvalue weighted by molar-refractivity contribution is 5.95. The van der Waals surface area contributed by atoms with E-state index in [0.717, 1.165) is 6.42 Å². The van der Waals surface area contributed by atoms with Crippen LogP contribution in [0.5, 0.6) is 0 Å². The van der Waals surface area contributed by atoms with Crippen molar-refractivity contribution in [2.24, 2.45) is 5.73 Å². The molecule has 0 aliphatic carbocycles. The van der Waals surface area contributed by atoms with E-state index in [2.05, 4.69) is 10.4 Å². The van der Waals surface area contributed by atoms with Crippen LogP contribution in [0, 0.1) is 0 Å². The highest BCUT2D eigenvalue weighted by atomic mass is 16.5. The SMILES string of the molecule is COCCCNC(=O)Cn1cc(N)c(C(N)=O)n1. The van der Waals surface area contributed by atoms with E-state index >= 15 is 0 Å². The third-order valence-corrected chi connectivity index (χ3v) is 2.18. The third kappa shape index (κ3) is 4.06. The Kier molecular flexibility index (Phi) is 5.12. The fourth-order valence-corrected chi connectivity index (χ4v) is 1.36. The lowest BCUT2D eigenvalue weighted by atomic mass is 10.4. The molecule has 100 valence electrons. The van der Waals surface area contributed by atoms with Crippen LogP contribution in [0.4, 0.5) is 5.69 Å². The lowest BCUT2D eigenvalue weighted by molar-refractivity contribution is -0.121. The number of hydrogen-bond donors (Lipinski definition) is 3. The predicted octanol–water partition coefficient (Wildman–Crippen LogP) is -1.28. The zero-order valence-corrected chi connectivity index (χ0v) is 10.2. The lowest BCUT2D eigenvalue weighted by Crippen LogP contribution is -2.29. The van der Waals surface area contributed by atoms with Crippen molar-refractivity contribution in [2.45, 2.75) is 13.0 Å². The van der Waals surface area contributed by atoms with Crippen LogP contribution in [0.15, 0.2) is 6.20 Å². The van der Waals surface area contributed by atoms with Crippen LogP contribution in [0.3, 0.4) is 0 Å². The van der Waals surface area contributed by atoms with E-state index in [-0.39, 0.29) is 23.8 Å². The van der Waals surface area contributed by atoms with Crippen LogP contribution in [0.1, 0.15) is 16.9 Å². The Hall–Kier alpha value is -2.09. The number of rotatable bonds is 7. The fourth-order valence-electron chi connectivity index (χ4n) is 1.36. The van der Waals surface area contributed by atoms with Crippen LogP contribution < -0.4 is 16.8 Å². The summed E-state index contributed by atoms with van der Waals surface area (Å²) in [6.45, 7) is 1.09. The minimum atomic E-state index is -0.716. The number of ether oxygens (including phenoxy) is 1. The van der Waals surface area contributed by atoms with Gasteiger partial charge in [0.1, 0.15) is 6.54 Å². The van der Waals surface area contributed by atoms with Gasteiger partial charge < -0.3 is 21.5 Å². The normalized spacial score (nSPS) is 10.3. The molecule has 0 saturated heterocycles. The van der Waals surface area contributed by atoms with Gasteiger partial charge in [-0.3, -0.25) is 14.3 Å². The molecule has 0 aliphatic rings. The Balaban J connectivity index is 2.44. The molecule has 8 nitrogen and oxygen atoms in total. The molecule has 18 heavy (non-hydrogen) atoms. The molecule has 1 rings (SSSR count). The van der Waals surface area contributed by atoms with Gasteiger partial charge in [-0.2, -0.15) is 5.10 Å². The minimum absolute atomic E-state index is 0.00946. The van der Waals surface area contributed by atoms with E-state index in [1.807, 2.05) is 0 Å². The molecule has 1 aromatic heterocycles. The topological polar surface area (TPSA) is 125 Å². The first kappa shape index (κ1) is 14.0. The molecule has 1 aromatic rings. The van der Waals surface area contributed by atoms with Gasteiger partial charge >= 0.3 is 0 Å². The van der Waals surface area contributed by atoms with Crippen molar-refractivity contribution in [2.75, 3.05) is 26.0 Å². The maximum absolute atomic E-state index is 11.5. The summed E-state index contributed by atoms with van der Waals surface area (Å²) >= 11 is 0. The summed E-state index contributed by atoms with van der Waals surface area (Å²) in [6.07, 6.45) is 2.13. The molecule has 0 aliphatic heterocycles. The minimum Gasteiger partial charge on any atom is -0.396 e. The van der Waals surface area contributed by atoms with Gasteiger partial charge in [0.15, 0.2) is 5.69 Å². The van der Waals surface area contributed by atoms with Gasteiger partial charge in [0.2, 0.25) is 5.91 Å². The smallest absolute Gasteiger partial charge is 0.271 e. The standard InChI is InChI=1S/C10H17N5O3/c1-18-4-2-3-13-8(16)6-15-5-7(11)9(14-15)10(12)17/h5H,2-4,6,11H2,1H3,(H2,12,17)(H,13,16). The van der Waals surface area contributed by atoms with Crippen molar-refractivity contribution < 1.29 is 14.3 Å². The number of carbonyl (C=O) groups is 2. The molecule has 5 N–H and O–H groups in total. The molecule has 1 heterocycles. The molecule has 0 atom stereocenters. The number of anilines is 1. The quantitative estimate of drug-likeness (QED) is 0.523. The molecular weight excluding hydrogens is 238 g/mol. The molecule has 0 saturated carbocycles. The van der Waals surface area contributed by atoms with Crippen molar-refractivity contribution in [1.29, 1.82) is 0 Å². The van der Waals surface area contributed by atoms with Crippen molar-refractivity contribution >= 4 is 17.5 Å². The zero-order valence-electron chi connectivity index (χ0n) is 10.2. The third-order valence-electron chi connectivity index (χ3n) is 2.18. The van der Waals surface area contributed by atoms with Gasteiger partial charge in [0, 0.05) is 26.5 Å². The first-order chi connectivity index (χ1) is 8.54. The highest BCUT2D eigenvalue weighted by Gasteiger charge is 2.12. The largest absolute Gasteiger partial charge is 0.396 e. The number of hydrogen-bond acceptors (Lipinski definition) is 5. The summed E-state index contributed by atoms with van der Waals surface area (Å²) in [7, 11) is 1.60. The molecule has 0 fully saturated rings. The summed E-state index contributed by atoms with van der Waals surface area (Å²) in [5.74, 6) is -0.934. The molecule has 0 bridgehead atoms. The van der Waals surface area contributed by atoms with Crippen molar-refractivity contribution in [3.8, 4) is 0 Å². The first-order valence-corrected chi connectivity index (χ1v) is 5.43. The van der Waals surface area contributed by atoms with E-state index in [4.69, 9.17) is 16.2 Å². The molecule has 0 unspecified atom stereocenters. The van der Waals surface area contributed by atoms with E-state index in [1.165, 1.54) is 10.9 Å². The second-order valence-corrected chi connectivity index (χ2v) is 3.69. The Morgan fingerprint density at radius 3 is 2.83 bits per heavy atom. The van der Waals surface area contributed by atoms with Gasteiger partial charge in [-0.1, -0.05) is 0 Å². The number of amides is 2. The highest BCUT2D eigenvalue weighted by Crippen LogP contribution is 2.07. The fraction of sp³-hybridized carbons (Fsp3) is 0.500. The maximum Gasteiger partial charge on any atom is 0.271 e. The van der Waals surface area contributed by atoms with Crippen LogP contribution >= 0.6 is 0 Å². The number of nitrogens with two attached hydrogens (primary N) is 2. The average Bonchev–Trinajstić information content (AvgIpc) is 2.66. The van der Waals surface area contributed by atoms with Crippen LogP contribution in [0.2, 0.25) is 0 Å². The second kappa shape index (κ2) is 6.60. The Labute approximate surface area is 104 Å². The number of nitrogens with zero attached hydrogens (tertiary/aromatic N) is 2. The molecular formula is C10H17N5O3. The average molecular weight is 255 g/mol. The summed E-state index contributed by atoms with van der Waals surface area (Å²) in [6, 6.07) is 0. The monoisotopic (exact) mass is 255 g/mol. The van der Waals surface area contributed by atoms with Crippen molar-refractivity contribution in [1.82, 2.24) is 15.1 Å². The van der Waals surface area contributed by atoms with E-state index < -0.39 is 5.91 Å². The Bertz CT molecular complexity index is 429. The number of carbonyl (C=O) groups excluding carboxylic acids is 2. The number of nitrogen functional groups attached to an aromatic ring is 1. The number of aromatic nitrogens is 2. The summed E-state index contributed by atoms with van der Waals surface area (Å²) in [5, 5.41) is 6.51. The molecule has 0 spiro atoms. The van der Waals surface area contributed by atoms with Crippen LogP contribution in [0.25, 0.3) is 0 Å². The van der Waals surface area contributed by atoms with Crippen LogP contribution in [-0.4, -0.2) is 41.9 Å². The predicted molar refractivity (Wildman–Crippen MR) is 64.7 cm³/mol. The second-order valence-electron chi connectivity index (χ2n) is 3.69. The summed E-state index contributed by atoms with van der Waals surface area (Å²) in [4.78, 5) is 22.4. The van der Waals surface area contributed by atoms with Gasteiger partial charge in [-0.25, -0.2) is 0 Å². The van der Waals surface area contributed by atoms with Gasteiger partial charge in [-0.15, -0.1) is 0 Å². The number of primary amides is 1. The number of methoxy groups -OCH3 is 1. The molecule has 8 heteroatoms. The van der Waals surface area contributed by atoms with E-state index in [9.17, 15) is 9.59 Å². The van der Waals surface area contributed by atoms with Gasteiger partial charge in [0.25, 0.3) is 5.91 Å². The number of nitrogens with one attached hydrogen (secondary N) is 1. The maximum atomic E-state index is 11.5. The molecule has 0 aromatic carbocycles. The van der Waals surface area contributed by atoms with Gasteiger partial charge in [0.05, 0.1) is 5.69 Å². The molecule has 2 amide bonds. The van der Waals surface area contributed by atoms with Crippen molar-refractivity contribution in [3.05, 3.63) is 11.9 Å². The van der Waals surface area contributed by atoms with E-state index in [0.29, 0.717) is 13.2 Å². The first-order valence-electron chi connectivity index (χ1n) is 5.43. The zero-order chi connectivity index (χ0) is 13.5. The lowest BCUT2D eigenvalue weighted by Gasteiger charge is -2.04. The van der Waals surface area contributed by atoms with E-state index in [1.54, 1.807) is 7.11 Å². The Morgan fingerprint density at radius 2 is 2.28 bits per heavy atom. The van der Waals surface area contributed by atoms with Crippen molar-refractivity contribution in [3.63, 3.8) is 0 Å². The Morgan fingerprint density at radius 1 is 1.56 bits per heavy atom. The van der Waals surface area contributed by atoms with Gasteiger partial charge in [-0.05, 0) is 6.42 Å². The van der Waals surface area contributed by atoms with Crippen LogP contribution in [-0.2, 0) is 16.1 Å². The summed E-state index contributed by atoms with van der Waals surface area (Å²) in [5.41, 5.74) is 10.7. The molecule has 0 radical (unpaired) electrons.